The molecule has 1 aromatic rings. The van der Waals surface area contributed by atoms with E-state index in [1.165, 1.54) is 0 Å². The van der Waals surface area contributed by atoms with E-state index in [4.69, 9.17) is 5.11 Å². The molecule has 0 saturated heterocycles. The van der Waals surface area contributed by atoms with Crippen LogP contribution in [0.25, 0.3) is 0 Å². The molecule has 1 aliphatic heterocycles. The third kappa shape index (κ3) is 3.35. The van der Waals surface area contributed by atoms with Gasteiger partial charge in [0.25, 0.3) is 0 Å². The maximum Gasteiger partial charge on any atom is 0.335 e. The minimum absolute atomic E-state index is 0.0204. The van der Waals surface area contributed by atoms with Crippen LogP contribution in [0.3, 0.4) is 0 Å². The van der Waals surface area contributed by atoms with Crippen molar-refractivity contribution in [2.45, 2.75) is 39.2 Å². The first-order valence-electron chi connectivity index (χ1n) is 7.45. The Morgan fingerprint density at radius 1 is 1.43 bits per heavy atom. The Bertz CT molecular complexity index is 542. The first kappa shape index (κ1) is 15.4. The summed E-state index contributed by atoms with van der Waals surface area (Å²) < 4.78 is 0. The van der Waals surface area contributed by atoms with Gasteiger partial charge in [0.05, 0.1) is 5.56 Å². The fourth-order valence-electron chi connectivity index (χ4n) is 2.70. The number of amides is 1. The summed E-state index contributed by atoms with van der Waals surface area (Å²) in [6.45, 7) is 5.42. The first-order valence-corrected chi connectivity index (χ1v) is 7.45. The maximum absolute atomic E-state index is 12.1. The van der Waals surface area contributed by atoms with E-state index in [0.717, 1.165) is 37.1 Å². The maximum atomic E-state index is 12.1. The SMILES string of the molecule is CCCNC(=O)C(C)N1CCCc2cc(C(=O)O)ccc21. The molecule has 5 heteroatoms. The molecule has 2 rings (SSSR count). The lowest BCUT2D eigenvalue weighted by Crippen LogP contribution is -2.47. The normalized spacial score (nSPS) is 15.2. The minimum atomic E-state index is -0.913. The smallest absolute Gasteiger partial charge is 0.335 e. The van der Waals surface area contributed by atoms with Crippen LogP contribution in [-0.4, -0.2) is 36.1 Å². The molecule has 0 radical (unpaired) electrons. The molecular weight excluding hydrogens is 268 g/mol. The van der Waals surface area contributed by atoms with Crippen molar-refractivity contribution < 1.29 is 14.7 Å². The van der Waals surface area contributed by atoms with Crippen molar-refractivity contribution in [2.75, 3.05) is 18.0 Å². The molecule has 2 N–H and O–H groups in total. The average molecular weight is 290 g/mol. The third-order valence-corrected chi connectivity index (χ3v) is 3.88. The number of carbonyl (C=O) groups excluding carboxylic acids is 1. The van der Waals surface area contributed by atoms with Crippen LogP contribution < -0.4 is 10.2 Å². The Hall–Kier alpha value is -2.04. The largest absolute Gasteiger partial charge is 0.478 e. The zero-order chi connectivity index (χ0) is 15.4. The van der Waals surface area contributed by atoms with Crippen LogP contribution in [0.4, 0.5) is 5.69 Å². The Kier molecular flexibility index (Phi) is 4.83. The Morgan fingerprint density at radius 2 is 2.19 bits per heavy atom. The van der Waals surface area contributed by atoms with Crippen molar-refractivity contribution in [1.82, 2.24) is 5.32 Å². The summed E-state index contributed by atoms with van der Waals surface area (Å²) in [5.74, 6) is -0.893. The molecule has 0 saturated carbocycles. The van der Waals surface area contributed by atoms with Crippen LogP contribution in [0.1, 0.15) is 42.6 Å². The standard InChI is InChI=1S/C16H22N2O3/c1-3-8-17-15(19)11(2)18-9-4-5-12-10-13(16(20)21)6-7-14(12)18/h6-7,10-11H,3-5,8-9H2,1-2H3,(H,17,19)(H,20,21). The summed E-state index contributed by atoms with van der Waals surface area (Å²) in [7, 11) is 0. The van der Waals surface area contributed by atoms with Crippen LogP contribution in [0.15, 0.2) is 18.2 Å². The highest BCUT2D eigenvalue weighted by atomic mass is 16.4. The van der Waals surface area contributed by atoms with Gasteiger partial charge in [0.1, 0.15) is 6.04 Å². The van der Waals surface area contributed by atoms with Gasteiger partial charge in [-0.2, -0.15) is 0 Å². The number of hydrogen-bond acceptors (Lipinski definition) is 3. The number of carboxylic acids is 1. The van der Waals surface area contributed by atoms with E-state index in [1.54, 1.807) is 12.1 Å². The summed E-state index contributed by atoms with van der Waals surface area (Å²) in [4.78, 5) is 25.3. The molecule has 1 unspecified atom stereocenters. The quantitative estimate of drug-likeness (QED) is 0.871. The van der Waals surface area contributed by atoms with E-state index in [-0.39, 0.29) is 11.9 Å². The van der Waals surface area contributed by atoms with Crippen LogP contribution in [0, 0.1) is 0 Å². The molecule has 1 heterocycles. The molecule has 1 aromatic carbocycles. The van der Waals surface area contributed by atoms with E-state index in [0.29, 0.717) is 12.1 Å². The Morgan fingerprint density at radius 3 is 2.86 bits per heavy atom. The van der Waals surface area contributed by atoms with Gasteiger partial charge in [0, 0.05) is 18.8 Å². The second-order valence-electron chi connectivity index (χ2n) is 5.41. The monoisotopic (exact) mass is 290 g/mol. The number of carbonyl (C=O) groups is 2. The molecule has 1 aliphatic rings. The average Bonchev–Trinajstić information content (AvgIpc) is 2.50. The highest BCUT2D eigenvalue weighted by Crippen LogP contribution is 2.29. The van der Waals surface area contributed by atoms with Crippen LogP contribution in [0.5, 0.6) is 0 Å². The zero-order valence-corrected chi connectivity index (χ0v) is 12.6. The van der Waals surface area contributed by atoms with Crippen molar-refractivity contribution in [3.8, 4) is 0 Å². The number of carboxylic acid groups (broad SMARTS) is 1. The van der Waals surface area contributed by atoms with E-state index in [2.05, 4.69) is 10.2 Å². The second kappa shape index (κ2) is 6.61. The van der Waals surface area contributed by atoms with Gasteiger partial charge in [-0.25, -0.2) is 4.79 Å². The van der Waals surface area contributed by atoms with Gasteiger partial charge in [-0.1, -0.05) is 6.92 Å². The van der Waals surface area contributed by atoms with E-state index >= 15 is 0 Å². The van der Waals surface area contributed by atoms with Gasteiger partial charge < -0.3 is 15.3 Å². The first-order chi connectivity index (χ1) is 10.0. The predicted octanol–water partition coefficient (Wildman–Crippen LogP) is 2.05. The molecule has 0 spiro atoms. The summed E-state index contributed by atoms with van der Waals surface area (Å²) >= 11 is 0. The van der Waals surface area contributed by atoms with Gasteiger partial charge in [0.2, 0.25) is 5.91 Å². The second-order valence-corrected chi connectivity index (χ2v) is 5.41. The number of anilines is 1. The van der Waals surface area contributed by atoms with Gasteiger partial charge in [-0.05, 0) is 49.9 Å². The number of nitrogens with zero attached hydrogens (tertiary/aromatic N) is 1. The van der Waals surface area contributed by atoms with Gasteiger partial charge in [-0.15, -0.1) is 0 Å². The highest BCUT2D eigenvalue weighted by Gasteiger charge is 2.26. The van der Waals surface area contributed by atoms with Crippen LogP contribution in [0.2, 0.25) is 0 Å². The topological polar surface area (TPSA) is 69.6 Å². The van der Waals surface area contributed by atoms with Crippen molar-refractivity contribution in [3.05, 3.63) is 29.3 Å². The number of hydrogen-bond donors (Lipinski definition) is 2. The zero-order valence-electron chi connectivity index (χ0n) is 12.6. The summed E-state index contributed by atoms with van der Waals surface area (Å²) in [5.41, 5.74) is 2.29. The number of fused-ring (bicyclic) bond motifs is 1. The Labute approximate surface area is 125 Å². The molecule has 0 aromatic heterocycles. The van der Waals surface area contributed by atoms with Gasteiger partial charge in [-0.3, -0.25) is 4.79 Å². The number of aromatic carboxylic acids is 1. The molecular formula is C16H22N2O3. The summed E-state index contributed by atoms with van der Waals surface area (Å²) in [6, 6.07) is 4.91. The fraction of sp³-hybridized carbons (Fsp3) is 0.500. The lowest BCUT2D eigenvalue weighted by atomic mass is 9.97. The Balaban J connectivity index is 2.21. The molecule has 1 amide bonds. The molecule has 1 atom stereocenters. The number of nitrogens with one attached hydrogen (secondary N) is 1. The van der Waals surface area contributed by atoms with Gasteiger partial charge >= 0.3 is 5.97 Å². The molecule has 114 valence electrons. The lowest BCUT2D eigenvalue weighted by Gasteiger charge is -2.35. The number of benzene rings is 1. The highest BCUT2D eigenvalue weighted by molar-refractivity contribution is 5.89. The van der Waals surface area contributed by atoms with Gasteiger partial charge in [0.15, 0.2) is 0 Å². The minimum Gasteiger partial charge on any atom is -0.478 e. The van der Waals surface area contributed by atoms with Crippen molar-refractivity contribution >= 4 is 17.6 Å². The van der Waals surface area contributed by atoms with E-state index < -0.39 is 5.97 Å². The fourth-order valence-corrected chi connectivity index (χ4v) is 2.70. The molecule has 21 heavy (non-hydrogen) atoms. The van der Waals surface area contributed by atoms with E-state index in [1.807, 2.05) is 19.9 Å². The van der Waals surface area contributed by atoms with E-state index in [9.17, 15) is 9.59 Å². The predicted molar refractivity (Wildman–Crippen MR) is 81.8 cm³/mol. The van der Waals surface area contributed by atoms with Crippen LogP contribution in [-0.2, 0) is 11.2 Å². The third-order valence-electron chi connectivity index (χ3n) is 3.88. The number of aryl methyl sites for hydroxylation is 1. The van der Waals surface area contributed by atoms with Crippen LogP contribution >= 0.6 is 0 Å². The summed E-state index contributed by atoms with van der Waals surface area (Å²) in [5, 5.41) is 12.0. The molecule has 0 fully saturated rings. The van der Waals surface area contributed by atoms with Crippen molar-refractivity contribution in [1.29, 1.82) is 0 Å². The summed E-state index contributed by atoms with van der Waals surface area (Å²) in [6.07, 6.45) is 2.70. The van der Waals surface area contributed by atoms with Crippen molar-refractivity contribution in [2.24, 2.45) is 0 Å². The molecule has 0 bridgehead atoms. The lowest BCUT2D eigenvalue weighted by molar-refractivity contribution is -0.122. The van der Waals surface area contributed by atoms with Crippen molar-refractivity contribution in [3.63, 3.8) is 0 Å². The molecule has 5 nitrogen and oxygen atoms in total. The molecule has 0 aliphatic carbocycles. The number of rotatable bonds is 5.